The van der Waals surface area contributed by atoms with E-state index in [1.807, 2.05) is 42.5 Å². The number of hydrogen-bond acceptors (Lipinski definition) is 7. The van der Waals surface area contributed by atoms with Crippen LogP contribution in [0.25, 0.3) is 11.1 Å². The van der Waals surface area contributed by atoms with Gasteiger partial charge in [-0.05, 0) is 71.3 Å². The second-order valence-electron chi connectivity index (χ2n) is 12.3. The molecule has 6 rings (SSSR count). The number of aliphatic hydroxyl groups excluding tert-OH is 4. The summed E-state index contributed by atoms with van der Waals surface area (Å²) in [6, 6.07) is 27.9. The molecule has 2 aliphatic rings. The lowest BCUT2D eigenvalue weighted by Gasteiger charge is -2.48. The van der Waals surface area contributed by atoms with E-state index in [0.717, 1.165) is 28.8 Å². The van der Waals surface area contributed by atoms with Gasteiger partial charge < -0.3 is 35.2 Å². The highest BCUT2D eigenvalue weighted by atomic mass is 19.1. The minimum atomic E-state index is -1.47. The van der Waals surface area contributed by atoms with E-state index in [4.69, 9.17) is 4.74 Å². The predicted molar refractivity (Wildman–Crippen MR) is 170 cm³/mol. The number of benzene rings is 4. The molecule has 3 unspecified atom stereocenters. The number of hydrogen-bond donors (Lipinski definition) is 5. The van der Waals surface area contributed by atoms with Crippen molar-refractivity contribution in [2.24, 2.45) is 5.92 Å². The highest BCUT2D eigenvalue weighted by Crippen LogP contribution is 2.49. The van der Waals surface area contributed by atoms with E-state index in [0.29, 0.717) is 17.5 Å². The Morgan fingerprint density at radius 2 is 1.52 bits per heavy atom. The molecule has 2 aliphatic heterocycles. The molecular weight excluding hydrogens is 589 g/mol. The third-order valence-corrected chi connectivity index (χ3v) is 9.41. The van der Waals surface area contributed by atoms with Gasteiger partial charge in [-0.15, -0.1) is 0 Å². The lowest BCUT2D eigenvalue weighted by atomic mass is 9.76. The molecule has 2 saturated heterocycles. The third kappa shape index (κ3) is 6.04. The Morgan fingerprint density at radius 1 is 0.848 bits per heavy atom. The van der Waals surface area contributed by atoms with E-state index >= 15 is 0 Å². The number of rotatable bonds is 9. The van der Waals surface area contributed by atoms with Crippen molar-refractivity contribution in [3.05, 3.63) is 120 Å². The molecule has 1 amide bonds. The van der Waals surface area contributed by atoms with Gasteiger partial charge in [-0.2, -0.15) is 0 Å². The Labute approximate surface area is 267 Å². The number of β-lactam (4-membered cyclic amide) rings is 1. The third-order valence-electron chi connectivity index (χ3n) is 9.41. The summed E-state index contributed by atoms with van der Waals surface area (Å²) in [6.07, 6.45) is -4.90. The molecule has 240 valence electrons. The standard InChI is InChI=1S/C37H38FNO7/c1-21(22-12-15-26(38)16-13-22)7-17-29-32(39(37(29)45)27-5-3-2-4-6-27)28-18-14-25(19-30(28)41)23-8-10-24(11-9-23)36-35(44)34(43)33(42)31(20-40)46-36/h2-6,8-16,18-19,21,29,31-36,40-44H,7,17,20H2,1H3/t21?,29-,31-,32-,33-,34?,35-,36?/m1/s1. The minimum Gasteiger partial charge on any atom is -0.508 e. The van der Waals surface area contributed by atoms with Gasteiger partial charge in [-0.3, -0.25) is 4.79 Å². The molecule has 2 heterocycles. The number of anilines is 1. The smallest absolute Gasteiger partial charge is 0.233 e. The van der Waals surface area contributed by atoms with E-state index in [1.165, 1.54) is 12.1 Å². The molecule has 0 bridgehead atoms. The van der Waals surface area contributed by atoms with E-state index < -0.39 is 37.1 Å². The number of halogens is 1. The van der Waals surface area contributed by atoms with E-state index in [1.54, 1.807) is 47.4 Å². The van der Waals surface area contributed by atoms with Crippen LogP contribution in [-0.4, -0.2) is 62.5 Å². The summed E-state index contributed by atoms with van der Waals surface area (Å²) >= 11 is 0. The van der Waals surface area contributed by atoms with Crippen molar-refractivity contribution in [1.29, 1.82) is 0 Å². The molecule has 0 aliphatic carbocycles. The first-order valence-electron chi connectivity index (χ1n) is 15.5. The molecule has 2 fully saturated rings. The van der Waals surface area contributed by atoms with Crippen molar-refractivity contribution in [3.8, 4) is 16.9 Å². The van der Waals surface area contributed by atoms with E-state index in [-0.39, 0.29) is 35.4 Å². The van der Waals surface area contributed by atoms with Gasteiger partial charge in [0.2, 0.25) is 5.91 Å². The molecule has 9 heteroatoms. The van der Waals surface area contributed by atoms with Crippen LogP contribution in [0.1, 0.15) is 54.5 Å². The van der Waals surface area contributed by atoms with Gasteiger partial charge in [0.1, 0.15) is 42.1 Å². The molecule has 8 nitrogen and oxygen atoms in total. The van der Waals surface area contributed by atoms with E-state index in [9.17, 15) is 34.7 Å². The van der Waals surface area contributed by atoms with Gasteiger partial charge >= 0.3 is 0 Å². The van der Waals surface area contributed by atoms with Gasteiger partial charge in [0.25, 0.3) is 0 Å². The van der Waals surface area contributed by atoms with Crippen LogP contribution in [-0.2, 0) is 9.53 Å². The number of para-hydroxylation sites is 1. The van der Waals surface area contributed by atoms with Crippen molar-refractivity contribution >= 4 is 11.6 Å². The number of ether oxygens (including phenoxy) is 1. The monoisotopic (exact) mass is 627 g/mol. The van der Waals surface area contributed by atoms with E-state index in [2.05, 4.69) is 6.92 Å². The summed E-state index contributed by atoms with van der Waals surface area (Å²) in [4.78, 5) is 15.3. The van der Waals surface area contributed by atoms with Crippen LogP contribution in [0, 0.1) is 11.7 Å². The second kappa shape index (κ2) is 13.3. The lowest BCUT2D eigenvalue weighted by Crippen LogP contribution is -2.55. The number of phenols is 1. The van der Waals surface area contributed by atoms with Gasteiger partial charge in [-0.25, -0.2) is 4.39 Å². The maximum Gasteiger partial charge on any atom is 0.233 e. The zero-order valence-corrected chi connectivity index (χ0v) is 25.4. The van der Waals surface area contributed by atoms with Crippen LogP contribution in [0.3, 0.4) is 0 Å². The summed E-state index contributed by atoms with van der Waals surface area (Å²) in [5.74, 6) is -0.438. The number of aliphatic hydroxyl groups is 4. The molecule has 4 aromatic rings. The van der Waals surface area contributed by atoms with Crippen LogP contribution >= 0.6 is 0 Å². The van der Waals surface area contributed by atoms with Crippen LogP contribution in [0.15, 0.2) is 97.1 Å². The SMILES string of the molecule is CC(CC[C@H]1C(=O)N(c2ccccc2)[C@@H]1c1ccc(-c2ccc(C3O[C@H](CO)[C@@H](O)C(O)[C@H]3O)cc2)cc1O)c1ccc(F)cc1. The van der Waals surface area contributed by atoms with Crippen molar-refractivity contribution < 1.29 is 39.5 Å². The number of phenolic OH excluding ortho intramolecular Hbond substituents is 1. The zero-order chi connectivity index (χ0) is 32.5. The molecule has 0 radical (unpaired) electrons. The van der Waals surface area contributed by atoms with Gasteiger partial charge in [0.15, 0.2) is 0 Å². The molecule has 0 aromatic heterocycles. The Hall–Kier alpha value is -4.12. The number of aromatic hydroxyl groups is 1. The summed E-state index contributed by atoms with van der Waals surface area (Å²) in [7, 11) is 0. The Kier molecular flexibility index (Phi) is 9.22. The number of carbonyl (C=O) groups excluding carboxylic acids is 1. The van der Waals surface area contributed by atoms with Crippen LogP contribution in [0.4, 0.5) is 10.1 Å². The highest BCUT2D eigenvalue weighted by molar-refractivity contribution is 6.03. The van der Waals surface area contributed by atoms with Crippen LogP contribution in [0.2, 0.25) is 0 Å². The summed E-state index contributed by atoms with van der Waals surface area (Å²) in [6.45, 7) is 1.56. The average Bonchev–Trinajstić information content (AvgIpc) is 3.07. The molecular formula is C37H38FNO7. The summed E-state index contributed by atoms with van der Waals surface area (Å²) < 4.78 is 19.1. The zero-order valence-electron chi connectivity index (χ0n) is 25.4. The molecule has 0 saturated carbocycles. The first-order valence-corrected chi connectivity index (χ1v) is 15.5. The number of nitrogens with zero attached hydrogens (tertiary/aromatic N) is 1. The molecule has 0 spiro atoms. The lowest BCUT2D eigenvalue weighted by molar-refractivity contribution is -0.231. The Balaban J connectivity index is 1.23. The maximum atomic E-state index is 13.5. The average molecular weight is 628 g/mol. The molecule has 5 N–H and O–H groups in total. The number of carbonyl (C=O) groups is 1. The van der Waals surface area contributed by atoms with Gasteiger partial charge in [-0.1, -0.05) is 73.7 Å². The molecule has 46 heavy (non-hydrogen) atoms. The Bertz CT molecular complexity index is 1650. The van der Waals surface area contributed by atoms with Crippen molar-refractivity contribution in [1.82, 2.24) is 0 Å². The fraction of sp³-hybridized carbons (Fsp3) is 0.324. The number of amides is 1. The highest BCUT2D eigenvalue weighted by Gasteiger charge is 2.49. The topological polar surface area (TPSA) is 131 Å². The van der Waals surface area contributed by atoms with Crippen LogP contribution in [0.5, 0.6) is 5.75 Å². The molecule has 8 atom stereocenters. The summed E-state index contributed by atoms with van der Waals surface area (Å²) in [5.41, 5.74) is 4.49. The second-order valence-corrected chi connectivity index (χ2v) is 12.3. The van der Waals surface area contributed by atoms with Crippen molar-refractivity contribution in [3.63, 3.8) is 0 Å². The van der Waals surface area contributed by atoms with Crippen molar-refractivity contribution in [2.45, 2.75) is 62.2 Å². The maximum absolute atomic E-state index is 13.5. The fourth-order valence-corrected chi connectivity index (χ4v) is 6.67. The summed E-state index contributed by atoms with van der Waals surface area (Å²) in [5, 5.41) is 51.6. The minimum absolute atomic E-state index is 0.00485. The fourth-order valence-electron chi connectivity index (χ4n) is 6.67. The quantitative estimate of drug-likeness (QED) is 0.165. The largest absolute Gasteiger partial charge is 0.508 e. The first kappa shape index (κ1) is 31.8. The van der Waals surface area contributed by atoms with Crippen molar-refractivity contribution in [2.75, 3.05) is 11.5 Å². The normalized spacial score (nSPS) is 26.9. The van der Waals surface area contributed by atoms with Crippen LogP contribution < -0.4 is 4.90 Å². The van der Waals surface area contributed by atoms with Gasteiger partial charge in [0.05, 0.1) is 18.6 Å². The molecule has 4 aromatic carbocycles. The predicted octanol–water partition coefficient (Wildman–Crippen LogP) is 5.00. The first-order chi connectivity index (χ1) is 22.2. The Morgan fingerprint density at radius 3 is 2.17 bits per heavy atom. The van der Waals surface area contributed by atoms with Gasteiger partial charge in [0, 0.05) is 11.3 Å².